The Bertz CT molecular complexity index is 376. The van der Waals surface area contributed by atoms with Gasteiger partial charge in [0.1, 0.15) is 0 Å². The van der Waals surface area contributed by atoms with Crippen molar-refractivity contribution in [2.24, 2.45) is 5.92 Å². The van der Waals surface area contributed by atoms with Crippen LogP contribution in [-0.4, -0.2) is 23.7 Å². The molecule has 0 fully saturated rings. The van der Waals surface area contributed by atoms with Crippen LogP contribution in [0.25, 0.3) is 0 Å². The van der Waals surface area contributed by atoms with E-state index < -0.39 is 0 Å². The molecule has 0 aliphatic carbocycles. The van der Waals surface area contributed by atoms with Crippen LogP contribution >= 0.6 is 0 Å². The lowest BCUT2D eigenvalue weighted by molar-refractivity contribution is 0.0915. The molecule has 2 atom stereocenters. The van der Waals surface area contributed by atoms with E-state index in [1.54, 1.807) is 0 Å². The van der Waals surface area contributed by atoms with Gasteiger partial charge in [-0.05, 0) is 30.9 Å². The molecule has 0 aromatic heterocycles. The summed E-state index contributed by atoms with van der Waals surface area (Å²) >= 11 is 0. The van der Waals surface area contributed by atoms with Crippen molar-refractivity contribution in [2.75, 3.05) is 6.61 Å². The number of carbonyl (C=O) groups excluding carboxylic acids is 1. The molecule has 0 bridgehead atoms. The lowest BCUT2D eigenvalue weighted by Crippen LogP contribution is -2.38. The summed E-state index contributed by atoms with van der Waals surface area (Å²) in [6, 6.07) is 7.58. The van der Waals surface area contributed by atoms with Gasteiger partial charge < -0.3 is 10.4 Å². The van der Waals surface area contributed by atoms with Gasteiger partial charge in [0.25, 0.3) is 5.91 Å². The Labute approximate surface area is 103 Å². The number of aliphatic hydroxyl groups is 1. The number of nitrogens with one attached hydrogen (secondary N) is 1. The molecule has 2 unspecified atom stereocenters. The van der Waals surface area contributed by atoms with E-state index in [-0.39, 0.29) is 24.5 Å². The van der Waals surface area contributed by atoms with E-state index in [1.807, 2.05) is 45.0 Å². The van der Waals surface area contributed by atoms with Crippen molar-refractivity contribution in [1.82, 2.24) is 5.32 Å². The van der Waals surface area contributed by atoms with E-state index in [9.17, 15) is 4.79 Å². The molecule has 0 aliphatic heterocycles. The first-order valence-corrected chi connectivity index (χ1v) is 6.09. The van der Waals surface area contributed by atoms with Crippen molar-refractivity contribution in [1.29, 1.82) is 0 Å². The van der Waals surface area contributed by atoms with Crippen LogP contribution in [0.5, 0.6) is 0 Å². The predicted molar refractivity (Wildman–Crippen MR) is 69.0 cm³/mol. The first kappa shape index (κ1) is 13.7. The van der Waals surface area contributed by atoms with Crippen molar-refractivity contribution in [3.63, 3.8) is 0 Å². The number of rotatable bonds is 5. The largest absolute Gasteiger partial charge is 0.396 e. The zero-order valence-corrected chi connectivity index (χ0v) is 10.7. The Balaban J connectivity index is 2.76. The maximum atomic E-state index is 12.1. The van der Waals surface area contributed by atoms with Gasteiger partial charge >= 0.3 is 0 Å². The van der Waals surface area contributed by atoms with Gasteiger partial charge in [-0.15, -0.1) is 0 Å². The molecule has 2 N–H and O–H groups in total. The summed E-state index contributed by atoms with van der Waals surface area (Å²) in [6.45, 7) is 5.94. The quantitative estimate of drug-likeness (QED) is 0.820. The van der Waals surface area contributed by atoms with Gasteiger partial charge in [0, 0.05) is 18.2 Å². The summed E-state index contributed by atoms with van der Waals surface area (Å²) in [5, 5.41) is 12.0. The summed E-state index contributed by atoms with van der Waals surface area (Å²) in [5.74, 6) is 0.00277. The SMILES string of the molecule is CCc1ccccc1C(=O)NC(C)C(C)CO. The third-order valence-electron chi connectivity index (χ3n) is 3.14. The van der Waals surface area contributed by atoms with Crippen molar-refractivity contribution >= 4 is 5.91 Å². The third-order valence-corrected chi connectivity index (χ3v) is 3.14. The molecule has 17 heavy (non-hydrogen) atoms. The summed E-state index contributed by atoms with van der Waals surface area (Å²) < 4.78 is 0. The lowest BCUT2D eigenvalue weighted by atomic mass is 10.0. The molecule has 1 rings (SSSR count). The van der Waals surface area contributed by atoms with Gasteiger partial charge in [-0.2, -0.15) is 0 Å². The van der Waals surface area contributed by atoms with Gasteiger partial charge in [0.2, 0.25) is 0 Å². The van der Waals surface area contributed by atoms with Crippen LogP contribution in [0.15, 0.2) is 24.3 Å². The van der Waals surface area contributed by atoms with Gasteiger partial charge in [0.05, 0.1) is 0 Å². The second kappa shape index (κ2) is 6.40. The fourth-order valence-electron chi connectivity index (χ4n) is 1.64. The van der Waals surface area contributed by atoms with Gasteiger partial charge in [-0.3, -0.25) is 4.79 Å². The smallest absolute Gasteiger partial charge is 0.251 e. The molecular weight excluding hydrogens is 214 g/mol. The van der Waals surface area contributed by atoms with Crippen LogP contribution in [0.4, 0.5) is 0 Å². The molecule has 0 spiro atoms. The third kappa shape index (κ3) is 3.56. The minimum atomic E-state index is -0.0600. The highest BCUT2D eigenvalue weighted by Crippen LogP contribution is 2.10. The zero-order chi connectivity index (χ0) is 12.8. The number of hydrogen-bond acceptors (Lipinski definition) is 2. The second-order valence-corrected chi connectivity index (χ2v) is 4.43. The van der Waals surface area contributed by atoms with E-state index in [1.165, 1.54) is 0 Å². The van der Waals surface area contributed by atoms with Gasteiger partial charge in [-0.25, -0.2) is 0 Å². The minimum Gasteiger partial charge on any atom is -0.396 e. The monoisotopic (exact) mass is 235 g/mol. The average molecular weight is 235 g/mol. The Morgan fingerprint density at radius 3 is 2.59 bits per heavy atom. The van der Waals surface area contributed by atoms with Crippen LogP contribution < -0.4 is 5.32 Å². The number of amides is 1. The Morgan fingerprint density at radius 2 is 2.00 bits per heavy atom. The molecular formula is C14H21NO2. The number of benzene rings is 1. The fourth-order valence-corrected chi connectivity index (χ4v) is 1.64. The number of aliphatic hydroxyl groups excluding tert-OH is 1. The van der Waals surface area contributed by atoms with E-state index in [2.05, 4.69) is 5.32 Å². The van der Waals surface area contributed by atoms with Crippen LogP contribution in [0.1, 0.15) is 36.7 Å². The minimum absolute atomic E-state index is 0.0302. The molecule has 0 saturated carbocycles. The van der Waals surface area contributed by atoms with Crippen LogP contribution in [0, 0.1) is 5.92 Å². The fraction of sp³-hybridized carbons (Fsp3) is 0.500. The van der Waals surface area contributed by atoms with Crippen LogP contribution in [0.2, 0.25) is 0 Å². The molecule has 0 saturated heterocycles. The number of aryl methyl sites for hydroxylation is 1. The Morgan fingerprint density at radius 1 is 1.35 bits per heavy atom. The maximum Gasteiger partial charge on any atom is 0.251 e. The molecule has 3 nitrogen and oxygen atoms in total. The molecule has 0 aliphatic rings. The first-order chi connectivity index (χ1) is 8.10. The summed E-state index contributed by atoms with van der Waals surface area (Å²) in [5.41, 5.74) is 1.78. The molecule has 94 valence electrons. The predicted octanol–water partition coefficient (Wildman–Crippen LogP) is 2.00. The molecule has 1 aromatic carbocycles. The highest BCUT2D eigenvalue weighted by Gasteiger charge is 2.16. The normalized spacial score (nSPS) is 14.1. The van der Waals surface area contributed by atoms with Gasteiger partial charge in [-0.1, -0.05) is 32.0 Å². The van der Waals surface area contributed by atoms with Crippen molar-refractivity contribution < 1.29 is 9.90 Å². The van der Waals surface area contributed by atoms with E-state index in [0.717, 1.165) is 17.5 Å². The molecule has 1 amide bonds. The highest BCUT2D eigenvalue weighted by atomic mass is 16.3. The standard InChI is InChI=1S/C14H21NO2/c1-4-12-7-5-6-8-13(12)14(17)15-11(3)10(2)9-16/h5-8,10-11,16H,4,9H2,1-3H3,(H,15,17). The zero-order valence-electron chi connectivity index (χ0n) is 10.7. The van der Waals surface area contributed by atoms with Crippen LogP contribution in [0.3, 0.4) is 0 Å². The van der Waals surface area contributed by atoms with Crippen LogP contribution in [-0.2, 0) is 6.42 Å². The summed E-state index contributed by atoms with van der Waals surface area (Å²) in [4.78, 5) is 12.1. The molecule has 0 radical (unpaired) electrons. The topological polar surface area (TPSA) is 49.3 Å². The van der Waals surface area contributed by atoms with E-state index in [4.69, 9.17) is 5.11 Å². The van der Waals surface area contributed by atoms with Gasteiger partial charge in [0.15, 0.2) is 0 Å². The summed E-state index contributed by atoms with van der Waals surface area (Å²) in [7, 11) is 0. The van der Waals surface area contributed by atoms with Crippen molar-refractivity contribution in [3.05, 3.63) is 35.4 Å². The molecule has 0 heterocycles. The lowest BCUT2D eigenvalue weighted by Gasteiger charge is -2.20. The van der Waals surface area contributed by atoms with E-state index >= 15 is 0 Å². The number of hydrogen-bond donors (Lipinski definition) is 2. The maximum absolute atomic E-state index is 12.1. The Kier molecular flexibility index (Phi) is 5.16. The highest BCUT2D eigenvalue weighted by molar-refractivity contribution is 5.95. The van der Waals surface area contributed by atoms with Crippen molar-refractivity contribution in [2.45, 2.75) is 33.2 Å². The average Bonchev–Trinajstić information content (AvgIpc) is 2.37. The second-order valence-electron chi connectivity index (χ2n) is 4.43. The number of carbonyl (C=O) groups is 1. The molecule has 1 aromatic rings. The Hall–Kier alpha value is -1.35. The van der Waals surface area contributed by atoms with E-state index in [0.29, 0.717) is 0 Å². The summed E-state index contributed by atoms with van der Waals surface area (Å²) in [6.07, 6.45) is 0.841. The first-order valence-electron chi connectivity index (χ1n) is 6.09. The molecule has 3 heteroatoms. The van der Waals surface area contributed by atoms with Crippen molar-refractivity contribution in [3.8, 4) is 0 Å².